The van der Waals surface area contributed by atoms with Gasteiger partial charge in [-0.25, -0.2) is 4.98 Å². The van der Waals surface area contributed by atoms with E-state index in [9.17, 15) is 0 Å². The van der Waals surface area contributed by atoms with Crippen molar-refractivity contribution in [2.75, 3.05) is 0 Å². The highest BCUT2D eigenvalue weighted by Crippen LogP contribution is 2.15. The van der Waals surface area contributed by atoms with Crippen LogP contribution < -0.4 is 5.32 Å². The summed E-state index contributed by atoms with van der Waals surface area (Å²) in [7, 11) is 0. The molecule has 1 heterocycles. The Morgan fingerprint density at radius 2 is 1.79 bits per heavy atom. The molecule has 0 aliphatic carbocycles. The van der Waals surface area contributed by atoms with Crippen LogP contribution in [0.25, 0.3) is 11.0 Å². The van der Waals surface area contributed by atoms with E-state index in [4.69, 9.17) is 0 Å². The van der Waals surface area contributed by atoms with Crippen LogP contribution in [0.3, 0.4) is 0 Å². The molecule has 0 saturated carbocycles. The van der Waals surface area contributed by atoms with Crippen LogP contribution in [-0.2, 0) is 6.54 Å². The van der Waals surface area contributed by atoms with Crippen molar-refractivity contribution in [2.24, 2.45) is 0 Å². The molecule has 0 aliphatic rings. The summed E-state index contributed by atoms with van der Waals surface area (Å²) in [4.78, 5) is 7.96. The molecule has 2 N–H and O–H groups in total. The molecule has 19 heavy (non-hydrogen) atoms. The molecule has 1 aromatic heterocycles. The first-order valence-corrected chi connectivity index (χ1v) is 6.55. The van der Waals surface area contributed by atoms with Crippen LogP contribution in [0.4, 0.5) is 0 Å². The second-order valence-corrected chi connectivity index (χ2v) is 4.73. The Labute approximate surface area is 112 Å². The van der Waals surface area contributed by atoms with Gasteiger partial charge >= 0.3 is 0 Å². The third kappa shape index (κ3) is 2.66. The monoisotopic (exact) mass is 251 g/mol. The third-order valence-electron chi connectivity index (χ3n) is 3.27. The van der Waals surface area contributed by atoms with Gasteiger partial charge in [0.1, 0.15) is 5.82 Å². The summed E-state index contributed by atoms with van der Waals surface area (Å²) < 4.78 is 0. The fraction of sp³-hybridized carbons (Fsp3) is 0.188. The number of nitrogens with zero attached hydrogens (tertiary/aromatic N) is 1. The molecular formula is C16H17N3. The van der Waals surface area contributed by atoms with Crippen LogP contribution in [0.2, 0.25) is 0 Å². The van der Waals surface area contributed by atoms with Crippen molar-refractivity contribution in [1.82, 2.24) is 15.3 Å². The van der Waals surface area contributed by atoms with Crippen LogP contribution in [0.1, 0.15) is 24.4 Å². The van der Waals surface area contributed by atoms with Gasteiger partial charge in [-0.15, -0.1) is 0 Å². The lowest BCUT2D eigenvalue weighted by Crippen LogP contribution is -2.19. The molecule has 0 aliphatic heterocycles. The molecule has 0 amide bonds. The molecule has 3 rings (SSSR count). The first-order chi connectivity index (χ1) is 9.33. The molecule has 1 atom stereocenters. The van der Waals surface area contributed by atoms with Crippen LogP contribution in [0.15, 0.2) is 54.6 Å². The molecule has 0 spiro atoms. The van der Waals surface area contributed by atoms with Gasteiger partial charge in [-0.2, -0.15) is 0 Å². The Hall–Kier alpha value is -2.13. The Morgan fingerprint density at radius 3 is 2.58 bits per heavy atom. The lowest BCUT2D eigenvalue weighted by molar-refractivity contribution is 0.552. The summed E-state index contributed by atoms with van der Waals surface area (Å²) >= 11 is 0. The summed E-state index contributed by atoms with van der Waals surface area (Å²) in [5, 5.41) is 3.48. The highest BCUT2D eigenvalue weighted by atomic mass is 15.0. The summed E-state index contributed by atoms with van der Waals surface area (Å²) in [5.74, 6) is 0.983. The SMILES string of the molecule is C[C@@H](NCc1ccccc1)c1nc2ccccc2[nH]1. The van der Waals surface area contributed by atoms with E-state index >= 15 is 0 Å². The molecule has 0 unspecified atom stereocenters. The number of hydrogen-bond acceptors (Lipinski definition) is 2. The Morgan fingerprint density at radius 1 is 1.05 bits per heavy atom. The molecule has 3 aromatic rings. The van der Waals surface area contributed by atoms with Gasteiger partial charge in [0.25, 0.3) is 0 Å². The van der Waals surface area contributed by atoms with Gasteiger partial charge in [0, 0.05) is 6.54 Å². The summed E-state index contributed by atoms with van der Waals surface area (Å²) in [5.41, 5.74) is 3.39. The number of fused-ring (bicyclic) bond motifs is 1. The first-order valence-electron chi connectivity index (χ1n) is 6.55. The van der Waals surface area contributed by atoms with E-state index in [-0.39, 0.29) is 6.04 Å². The zero-order valence-electron chi connectivity index (χ0n) is 10.9. The molecule has 0 radical (unpaired) electrons. The maximum Gasteiger partial charge on any atom is 0.124 e. The predicted octanol–water partition coefficient (Wildman–Crippen LogP) is 3.41. The molecule has 0 fully saturated rings. The number of rotatable bonds is 4. The zero-order chi connectivity index (χ0) is 13.1. The highest BCUT2D eigenvalue weighted by Gasteiger charge is 2.09. The van der Waals surface area contributed by atoms with Crippen LogP contribution in [0.5, 0.6) is 0 Å². The lowest BCUT2D eigenvalue weighted by Gasteiger charge is -2.11. The summed E-state index contributed by atoms with van der Waals surface area (Å²) in [6.07, 6.45) is 0. The number of benzene rings is 2. The number of hydrogen-bond donors (Lipinski definition) is 2. The third-order valence-corrected chi connectivity index (χ3v) is 3.27. The molecule has 0 saturated heterocycles. The van der Waals surface area contributed by atoms with Gasteiger partial charge in [0.05, 0.1) is 17.1 Å². The van der Waals surface area contributed by atoms with E-state index in [2.05, 4.69) is 52.5 Å². The van der Waals surface area contributed by atoms with E-state index in [1.54, 1.807) is 0 Å². The number of para-hydroxylation sites is 2. The topological polar surface area (TPSA) is 40.7 Å². The van der Waals surface area contributed by atoms with Crippen molar-refractivity contribution >= 4 is 11.0 Å². The van der Waals surface area contributed by atoms with Crippen LogP contribution >= 0.6 is 0 Å². The minimum Gasteiger partial charge on any atom is -0.341 e. The number of H-pyrrole nitrogens is 1. The van der Waals surface area contributed by atoms with Gasteiger partial charge in [-0.1, -0.05) is 42.5 Å². The quantitative estimate of drug-likeness (QED) is 0.746. The number of imidazole rings is 1. The molecule has 0 bridgehead atoms. The standard InChI is InChI=1S/C16H17N3/c1-12(17-11-13-7-3-2-4-8-13)16-18-14-9-5-6-10-15(14)19-16/h2-10,12,17H,11H2,1H3,(H,18,19)/t12-/m1/s1. The largest absolute Gasteiger partial charge is 0.341 e. The van der Waals surface area contributed by atoms with Gasteiger partial charge in [0.2, 0.25) is 0 Å². The van der Waals surface area contributed by atoms with Gasteiger partial charge in [-0.05, 0) is 24.6 Å². The Balaban J connectivity index is 1.71. The number of aromatic amines is 1. The zero-order valence-corrected chi connectivity index (χ0v) is 10.9. The van der Waals surface area contributed by atoms with Crippen LogP contribution in [-0.4, -0.2) is 9.97 Å². The van der Waals surface area contributed by atoms with Gasteiger partial charge in [-0.3, -0.25) is 0 Å². The van der Waals surface area contributed by atoms with E-state index in [0.29, 0.717) is 0 Å². The maximum atomic E-state index is 4.61. The van der Waals surface area contributed by atoms with Crippen molar-refractivity contribution in [3.05, 3.63) is 66.0 Å². The van der Waals surface area contributed by atoms with E-state index in [1.807, 2.05) is 24.3 Å². The Kier molecular flexibility index (Phi) is 3.29. The number of aromatic nitrogens is 2. The van der Waals surface area contributed by atoms with Gasteiger partial charge in [0.15, 0.2) is 0 Å². The van der Waals surface area contributed by atoms with E-state index < -0.39 is 0 Å². The number of nitrogens with one attached hydrogen (secondary N) is 2. The minimum atomic E-state index is 0.201. The van der Waals surface area contributed by atoms with E-state index in [1.165, 1.54) is 5.56 Å². The molecule has 3 heteroatoms. The molecule has 3 nitrogen and oxygen atoms in total. The van der Waals surface area contributed by atoms with Crippen molar-refractivity contribution in [3.63, 3.8) is 0 Å². The van der Waals surface area contributed by atoms with Crippen molar-refractivity contribution in [3.8, 4) is 0 Å². The average Bonchev–Trinajstić information content (AvgIpc) is 2.90. The van der Waals surface area contributed by atoms with Gasteiger partial charge < -0.3 is 10.3 Å². The minimum absolute atomic E-state index is 0.201. The van der Waals surface area contributed by atoms with E-state index in [0.717, 1.165) is 23.4 Å². The maximum absolute atomic E-state index is 4.61. The van der Waals surface area contributed by atoms with Crippen molar-refractivity contribution in [1.29, 1.82) is 0 Å². The molecule has 2 aromatic carbocycles. The summed E-state index contributed by atoms with van der Waals surface area (Å²) in [6.45, 7) is 2.97. The fourth-order valence-electron chi connectivity index (χ4n) is 2.14. The summed E-state index contributed by atoms with van der Waals surface area (Å²) in [6, 6.07) is 18.7. The molecular weight excluding hydrogens is 234 g/mol. The lowest BCUT2D eigenvalue weighted by atomic mass is 10.2. The second kappa shape index (κ2) is 5.24. The van der Waals surface area contributed by atoms with Crippen molar-refractivity contribution in [2.45, 2.75) is 19.5 Å². The second-order valence-electron chi connectivity index (χ2n) is 4.73. The first kappa shape index (κ1) is 11.9. The highest BCUT2D eigenvalue weighted by molar-refractivity contribution is 5.74. The smallest absolute Gasteiger partial charge is 0.124 e. The van der Waals surface area contributed by atoms with Crippen molar-refractivity contribution < 1.29 is 0 Å². The predicted molar refractivity (Wildman–Crippen MR) is 77.8 cm³/mol. The molecule has 96 valence electrons. The Bertz CT molecular complexity index is 625. The van der Waals surface area contributed by atoms with Crippen LogP contribution in [0, 0.1) is 0 Å². The average molecular weight is 251 g/mol. The normalized spacial score (nSPS) is 12.7. The fourth-order valence-corrected chi connectivity index (χ4v) is 2.14.